The number of rotatable bonds is 4. The highest BCUT2D eigenvalue weighted by atomic mass is 16.3. The third-order valence-corrected chi connectivity index (χ3v) is 13.9. The van der Waals surface area contributed by atoms with Gasteiger partial charge in [-0.05, 0) is 97.1 Å². The molecule has 5 heteroatoms. The Morgan fingerprint density at radius 2 is 0.523 bits per heavy atom. The van der Waals surface area contributed by atoms with Crippen molar-refractivity contribution in [2.75, 3.05) is 0 Å². The van der Waals surface area contributed by atoms with E-state index in [2.05, 4.69) is 237 Å². The normalized spacial score (nSPS) is 12.3. The number of aromatic nitrogens is 4. The number of fused-ring (bicyclic) bond motifs is 15. The molecule has 5 nitrogen and oxygen atoms in total. The molecule has 0 aliphatic heterocycles. The molecule has 0 bridgehead atoms. The van der Waals surface area contributed by atoms with Crippen molar-refractivity contribution in [3.05, 3.63) is 218 Å². The maximum atomic E-state index is 6.84. The van der Waals surface area contributed by atoms with E-state index in [9.17, 15) is 0 Å². The Morgan fingerprint density at radius 1 is 0.231 bits per heavy atom. The standard InChI is InChI=1S/C60H36N4O/c1-7-21-47-39(15-1)40-16-2-8-22-48(40)61(47)37-31-33-53-45(35-37)43-19-5-11-25-51(43)63(53)55-27-13-29-57-59(55)60-56(28-14-30-58(60)65-57)64-52-26-12-6-20-44(52)46-36-38(32-34-54(46)64)62-49-23-9-3-17-41(49)42-18-4-10-24-50(42)62/h1-36H. The molecular formula is C60H36N4O. The van der Waals surface area contributed by atoms with E-state index in [0.29, 0.717) is 0 Å². The molecule has 0 saturated carbocycles. The van der Waals surface area contributed by atoms with Gasteiger partial charge in [-0.3, -0.25) is 0 Å². The molecule has 5 heterocycles. The third kappa shape index (κ3) is 4.65. The summed E-state index contributed by atoms with van der Waals surface area (Å²) < 4.78 is 16.5. The van der Waals surface area contributed by atoms with Crippen LogP contribution in [0.2, 0.25) is 0 Å². The number of furan rings is 1. The zero-order valence-electron chi connectivity index (χ0n) is 35.0. The van der Waals surface area contributed by atoms with Gasteiger partial charge in [0.1, 0.15) is 11.2 Å². The number of nitrogens with zero attached hydrogens (tertiary/aromatic N) is 4. The van der Waals surface area contributed by atoms with Crippen LogP contribution in [0.1, 0.15) is 0 Å². The Labute approximate surface area is 371 Å². The largest absolute Gasteiger partial charge is 0.456 e. The Balaban J connectivity index is 0.981. The quantitative estimate of drug-likeness (QED) is 0.174. The maximum Gasteiger partial charge on any atom is 0.137 e. The summed E-state index contributed by atoms with van der Waals surface area (Å²) in [7, 11) is 0. The summed E-state index contributed by atoms with van der Waals surface area (Å²) in [5, 5.41) is 12.0. The topological polar surface area (TPSA) is 32.9 Å². The third-order valence-electron chi connectivity index (χ3n) is 13.9. The minimum Gasteiger partial charge on any atom is -0.456 e. The van der Waals surface area contributed by atoms with Gasteiger partial charge in [-0.1, -0.05) is 121 Å². The van der Waals surface area contributed by atoms with Gasteiger partial charge in [0.15, 0.2) is 0 Å². The predicted molar refractivity (Wildman–Crippen MR) is 271 cm³/mol. The van der Waals surface area contributed by atoms with Gasteiger partial charge in [-0.25, -0.2) is 0 Å². The molecule has 15 rings (SSSR count). The van der Waals surface area contributed by atoms with Crippen LogP contribution in [0.25, 0.3) is 132 Å². The fraction of sp³-hybridized carbons (Fsp3) is 0. The molecule has 0 spiro atoms. The molecule has 0 atom stereocenters. The summed E-state index contributed by atoms with van der Waals surface area (Å²) in [6.07, 6.45) is 0. The van der Waals surface area contributed by atoms with Crippen molar-refractivity contribution in [3.63, 3.8) is 0 Å². The van der Waals surface area contributed by atoms with E-state index in [1.54, 1.807) is 0 Å². The molecule has 0 saturated heterocycles. The van der Waals surface area contributed by atoms with Crippen LogP contribution >= 0.6 is 0 Å². The summed E-state index contributed by atoms with van der Waals surface area (Å²) in [6.45, 7) is 0. The van der Waals surface area contributed by atoms with E-state index in [4.69, 9.17) is 4.42 Å². The molecule has 10 aromatic carbocycles. The Morgan fingerprint density at radius 3 is 0.877 bits per heavy atom. The lowest BCUT2D eigenvalue weighted by atomic mass is 10.1. The average molecular weight is 829 g/mol. The average Bonchev–Trinajstić information content (AvgIpc) is 4.16. The van der Waals surface area contributed by atoms with Crippen LogP contribution in [-0.2, 0) is 0 Å². The predicted octanol–water partition coefficient (Wildman–Crippen LogP) is 16.0. The first-order chi connectivity index (χ1) is 32.3. The maximum absolute atomic E-state index is 6.84. The van der Waals surface area contributed by atoms with Crippen LogP contribution in [0, 0.1) is 0 Å². The van der Waals surface area contributed by atoms with Crippen LogP contribution in [0.15, 0.2) is 223 Å². The van der Waals surface area contributed by atoms with Crippen LogP contribution in [0.5, 0.6) is 0 Å². The minimum absolute atomic E-state index is 0.854. The van der Waals surface area contributed by atoms with Crippen molar-refractivity contribution in [2.45, 2.75) is 0 Å². The number of hydrogen-bond donors (Lipinski definition) is 0. The lowest BCUT2D eigenvalue weighted by molar-refractivity contribution is 0.668. The molecule has 0 aliphatic rings. The molecule has 65 heavy (non-hydrogen) atoms. The zero-order valence-corrected chi connectivity index (χ0v) is 35.0. The Hall–Kier alpha value is -8.80. The van der Waals surface area contributed by atoms with Gasteiger partial charge in [0, 0.05) is 54.5 Å². The molecule has 5 aromatic heterocycles. The van der Waals surface area contributed by atoms with E-state index in [0.717, 1.165) is 66.8 Å². The highest BCUT2D eigenvalue weighted by Crippen LogP contribution is 2.44. The van der Waals surface area contributed by atoms with Gasteiger partial charge in [0.2, 0.25) is 0 Å². The van der Waals surface area contributed by atoms with Crippen molar-refractivity contribution in [1.82, 2.24) is 18.3 Å². The van der Waals surface area contributed by atoms with Gasteiger partial charge in [-0.2, -0.15) is 0 Å². The zero-order chi connectivity index (χ0) is 42.3. The molecular weight excluding hydrogens is 793 g/mol. The molecule has 0 fully saturated rings. The molecule has 0 amide bonds. The second kappa shape index (κ2) is 12.9. The molecule has 302 valence electrons. The van der Waals surface area contributed by atoms with E-state index in [-0.39, 0.29) is 0 Å². The first-order valence-electron chi connectivity index (χ1n) is 22.3. The first-order valence-corrected chi connectivity index (χ1v) is 22.3. The van der Waals surface area contributed by atoms with Crippen LogP contribution in [-0.4, -0.2) is 18.3 Å². The summed E-state index contributed by atoms with van der Waals surface area (Å²) in [5.41, 5.74) is 15.5. The molecule has 15 aromatic rings. The van der Waals surface area contributed by atoms with Gasteiger partial charge in [0.05, 0.1) is 66.3 Å². The van der Waals surface area contributed by atoms with Gasteiger partial charge in [0.25, 0.3) is 0 Å². The monoisotopic (exact) mass is 828 g/mol. The minimum atomic E-state index is 0.854. The van der Waals surface area contributed by atoms with E-state index < -0.39 is 0 Å². The SMILES string of the molecule is c1cc(-n2c3ccccc3c3cc(-n4c5ccccc5c5ccccc54)ccc32)c2c(c1)oc1cccc(-n3c4ccccc4c4cc(-n5c6ccccc6c6ccccc65)ccc43)c12. The fourth-order valence-corrected chi connectivity index (χ4v) is 11.3. The van der Waals surface area contributed by atoms with Crippen LogP contribution < -0.4 is 0 Å². The molecule has 0 unspecified atom stereocenters. The Kier molecular flexibility index (Phi) is 6.89. The number of hydrogen-bond acceptors (Lipinski definition) is 1. The number of para-hydroxylation sites is 6. The lowest BCUT2D eigenvalue weighted by Crippen LogP contribution is -1.98. The van der Waals surface area contributed by atoms with Crippen molar-refractivity contribution < 1.29 is 4.42 Å². The second-order valence-corrected chi connectivity index (χ2v) is 17.3. The second-order valence-electron chi connectivity index (χ2n) is 17.3. The van der Waals surface area contributed by atoms with Crippen molar-refractivity contribution >= 4 is 109 Å². The smallest absolute Gasteiger partial charge is 0.137 e. The summed E-state index contributed by atoms with van der Waals surface area (Å²) in [6, 6.07) is 79.4. The molecule has 0 radical (unpaired) electrons. The summed E-state index contributed by atoms with van der Waals surface area (Å²) in [4.78, 5) is 0. The van der Waals surface area contributed by atoms with E-state index in [1.807, 2.05) is 0 Å². The number of benzene rings is 10. The first kappa shape index (κ1) is 34.7. The van der Waals surface area contributed by atoms with Gasteiger partial charge < -0.3 is 22.7 Å². The van der Waals surface area contributed by atoms with Crippen molar-refractivity contribution in [3.8, 4) is 22.7 Å². The molecule has 0 N–H and O–H groups in total. The highest BCUT2D eigenvalue weighted by Gasteiger charge is 2.23. The van der Waals surface area contributed by atoms with Crippen molar-refractivity contribution in [1.29, 1.82) is 0 Å². The van der Waals surface area contributed by atoms with Crippen LogP contribution in [0.3, 0.4) is 0 Å². The van der Waals surface area contributed by atoms with Gasteiger partial charge >= 0.3 is 0 Å². The van der Waals surface area contributed by atoms with Gasteiger partial charge in [-0.15, -0.1) is 0 Å². The van der Waals surface area contributed by atoms with Crippen LogP contribution in [0.4, 0.5) is 0 Å². The highest BCUT2D eigenvalue weighted by molar-refractivity contribution is 6.19. The fourth-order valence-electron chi connectivity index (χ4n) is 11.3. The van der Waals surface area contributed by atoms with E-state index >= 15 is 0 Å². The van der Waals surface area contributed by atoms with Crippen molar-refractivity contribution in [2.24, 2.45) is 0 Å². The summed E-state index contributed by atoms with van der Waals surface area (Å²) >= 11 is 0. The lowest BCUT2D eigenvalue weighted by Gasteiger charge is -2.13. The van der Waals surface area contributed by atoms with E-state index in [1.165, 1.54) is 65.2 Å². The summed E-state index contributed by atoms with van der Waals surface area (Å²) in [5.74, 6) is 0. The Bertz CT molecular complexity index is 4100. The molecule has 0 aliphatic carbocycles.